The molecule has 0 spiro atoms. The molecule has 0 aliphatic heterocycles. The van der Waals surface area contributed by atoms with E-state index in [-0.39, 0.29) is 5.75 Å². The van der Waals surface area contributed by atoms with Crippen molar-refractivity contribution in [3.63, 3.8) is 0 Å². The van der Waals surface area contributed by atoms with E-state index in [4.69, 9.17) is 0 Å². The van der Waals surface area contributed by atoms with E-state index in [0.29, 0.717) is 6.42 Å². The number of rotatable bonds is 2. The smallest absolute Gasteiger partial charge is 0.209 e. The fraction of sp³-hybridized carbons (Fsp3) is 1.00. The van der Waals surface area contributed by atoms with Gasteiger partial charge in [0, 0.05) is 0 Å². The lowest BCUT2D eigenvalue weighted by atomic mass is 10.6. The Hall–Kier alpha value is -0.210. The van der Waals surface area contributed by atoms with Gasteiger partial charge < -0.3 is 17.2 Å². The van der Waals surface area contributed by atoms with Crippen molar-refractivity contribution in [1.29, 1.82) is 0 Å². The maximum atomic E-state index is 10.0. The molecule has 0 aromatic heterocycles. The fourth-order valence-electron chi connectivity index (χ4n) is 0.285. The van der Waals surface area contributed by atoms with E-state index in [1.807, 2.05) is 0 Å². The Bertz CT molecular complexity index is 136. The van der Waals surface area contributed by atoms with Crippen LogP contribution in [0.2, 0.25) is 0 Å². The summed E-state index contributed by atoms with van der Waals surface area (Å²) in [6, 6.07) is 0. The van der Waals surface area contributed by atoms with Crippen molar-refractivity contribution < 1.29 is 8.42 Å². The van der Waals surface area contributed by atoms with Crippen LogP contribution in [-0.4, -0.2) is 35.3 Å². The summed E-state index contributed by atoms with van der Waals surface area (Å²) in [6.45, 7) is 1.77. The van der Waals surface area contributed by atoms with Gasteiger partial charge in [0.1, 0.15) is 0 Å². The van der Waals surface area contributed by atoms with Crippen molar-refractivity contribution in [3.8, 4) is 0 Å². The van der Waals surface area contributed by atoms with Gasteiger partial charge in [0.05, 0.1) is 5.75 Å². The summed E-state index contributed by atoms with van der Waals surface area (Å²) in [7, 11) is 1.33. The molecule has 7 heteroatoms. The highest BCUT2D eigenvalue weighted by Crippen LogP contribution is 1.79. The van der Waals surface area contributed by atoms with Crippen molar-refractivity contribution in [3.05, 3.63) is 0 Å². The summed E-state index contributed by atoms with van der Waals surface area (Å²) in [6.07, 6.45) is 0.596. The highest BCUT2D eigenvalue weighted by Gasteiger charge is 1.95. The molecule has 8 N–H and O–H groups in total. The number of nitrogens with two attached hydrogens (primary N) is 4. The molecule has 6 nitrogen and oxygen atoms in total. The maximum Gasteiger partial charge on any atom is 0.209 e. The molecule has 0 bridgehead atoms. The Balaban J connectivity index is -0.0000000573. The van der Waals surface area contributed by atoms with Gasteiger partial charge in [-0.1, -0.05) is 6.92 Å². The van der Waals surface area contributed by atoms with E-state index in [1.54, 1.807) is 6.92 Å². The van der Waals surface area contributed by atoms with Gasteiger partial charge in [-0.3, -0.25) is 0 Å². The number of sulfonamides is 1. The first kappa shape index (κ1) is 23.0. The van der Waals surface area contributed by atoms with Gasteiger partial charge in [-0.05, 0) is 27.6 Å². The Morgan fingerprint density at radius 2 is 1.15 bits per heavy atom. The SMILES string of the molecule is CCCS(N)(=O)=O.CN.CN.CN. The van der Waals surface area contributed by atoms with Crippen molar-refractivity contribution in [2.24, 2.45) is 22.3 Å². The molecule has 0 aliphatic carbocycles. The summed E-state index contributed by atoms with van der Waals surface area (Å²) in [5.41, 5.74) is 13.5. The molecule has 0 rings (SSSR count). The second-order valence-corrected chi connectivity index (χ2v) is 3.10. The van der Waals surface area contributed by atoms with Crippen molar-refractivity contribution in [1.82, 2.24) is 0 Å². The molecule has 86 valence electrons. The third-order valence-electron chi connectivity index (χ3n) is 0.489. The van der Waals surface area contributed by atoms with Crippen LogP contribution in [0.15, 0.2) is 0 Å². The molecule has 0 unspecified atom stereocenters. The van der Waals surface area contributed by atoms with Crippen LogP contribution in [0.4, 0.5) is 0 Å². The molecule has 0 aromatic rings. The minimum atomic E-state index is -3.17. The lowest BCUT2D eigenvalue weighted by molar-refractivity contribution is 0.596. The third kappa shape index (κ3) is 78.7. The average Bonchev–Trinajstić information content (AvgIpc) is 2.13. The van der Waals surface area contributed by atoms with Crippen LogP contribution in [-0.2, 0) is 10.0 Å². The molecule has 0 amide bonds. The predicted octanol–water partition coefficient (Wildman–Crippen LogP) is -1.59. The first-order valence-electron chi connectivity index (χ1n) is 3.80. The molecular formula is C6H24N4O2S. The zero-order valence-electron chi connectivity index (χ0n) is 8.95. The first-order chi connectivity index (χ1) is 6.06. The van der Waals surface area contributed by atoms with Crippen molar-refractivity contribution in [2.45, 2.75) is 13.3 Å². The molecular weight excluding hydrogens is 192 g/mol. The summed E-state index contributed by atoms with van der Waals surface area (Å²) in [5, 5.41) is 4.62. The highest BCUT2D eigenvalue weighted by molar-refractivity contribution is 7.89. The monoisotopic (exact) mass is 216 g/mol. The van der Waals surface area contributed by atoms with Gasteiger partial charge in [-0.15, -0.1) is 0 Å². The van der Waals surface area contributed by atoms with Gasteiger partial charge >= 0.3 is 0 Å². The molecule has 0 atom stereocenters. The Kier molecular flexibility index (Phi) is 40.0. The van der Waals surface area contributed by atoms with E-state index in [2.05, 4.69) is 22.3 Å². The van der Waals surface area contributed by atoms with Crippen LogP contribution < -0.4 is 22.3 Å². The molecule has 0 aromatic carbocycles. The Labute approximate surface area is 81.7 Å². The summed E-state index contributed by atoms with van der Waals surface area (Å²) in [5.74, 6) is 0.0903. The molecule has 0 heterocycles. The van der Waals surface area contributed by atoms with Gasteiger partial charge in [0.2, 0.25) is 10.0 Å². The lowest BCUT2D eigenvalue weighted by Crippen LogP contribution is -2.15. The second-order valence-electron chi connectivity index (χ2n) is 1.37. The molecule has 13 heavy (non-hydrogen) atoms. The van der Waals surface area contributed by atoms with E-state index in [0.717, 1.165) is 0 Å². The third-order valence-corrected chi connectivity index (χ3v) is 1.47. The fourth-order valence-corrected chi connectivity index (χ4v) is 0.854. The van der Waals surface area contributed by atoms with E-state index in [9.17, 15) is 8.42 Å². The highest BCUT2D eigenvalue weighted by atomic mass is 32.2. The van der Waals surface area contributed by atoms with Gasteiger partial charge in [-0.2, -0.15) is 0 Å². The average molecular weight is 216 g/mol. The van der Waals surface area contributed by atoms with Crippen LogP contribution in [0.3, 0.4) is 0 Å². The van der Waals surface area contributed by atoms with Crippen LogP contribution in [0, 0.1) is 0 Å². The summed E-state index contributed by atoms with van der Waals surface area (Å²) < 4.78 is 20.0. The summed E-state index contributed by atoms with van der Waals surface area (Å²) >= 11 is 0. The van der Waals surface area contributed by atoms with E-state index in [1.165, 1.54) is 21.1 Å². The normalized spacial score (nSPS) is 7.69. The van der Waals surface area contributed by atoms with Gasteiger partial charge in [0.25, 0.3) is 0 Å². The van der Waals surface area contributed by atoms with E-state index < -0.39 is 10.0 Å². The number of hydrogen-bond acceptors (Lipinski definition) is 5. The minimum Gasteiger partial charge on any atom is -0.333 e. The Morgan fingerprint density at radius 1 is 0.923 bits per heavy atom. The van der Waals surface area contributed by atoms with Crippen LogP contribution in [0.5, 0.6) is 0 Å². The van der Waals surface area contributed by atoms with Gasteiger partial charge in [-0.25, -0.2) is 13.6 Å². The zero-order chi connectivity index (χ0) is 11.9. The molecule has 0 saturated carbocycles. The number of hydrogen-bond donors (Lipinski definition) is 4. The Morgan fingerprint density at radius 3 is 1.15 bits per heavy atom. The first-order valence-corrected chi connectivity index (χ1v) is 5.51. The minimum absolute atomic E-state index is 0.0903. The standard InChI is InChI=1S/C3H9NO2S.3CH5N/c1-2-3-7(4,5)6;3*1-2/h2-3H2,1H3,(H2,4,5,6);3*2H2,1H3. The van der Waals surface area contributed by atoms with Crippen LogP contribution in [0.25, 0.3) is 0 Å². The topological polar surface area (TPSA) is 138 Å². The quantitative estimate of drug-likeness (QED) is 0.441. The lowest BCUT2D eigenvalue weighted by Gasteiger charge is -1.87. The predicted molar refractivity (Wildman–Crippen MR) is 58.6 cm³/mol. The zero-order valence-corrected chi connectivity index (χ0v) is 9.76. The number of primary sulfonamides is 1. The van der Waals surface area contributed by atoms with Crippen molar-refractivity contribution >= 4 is 10.0 Å². The molecule has 0 aliphatic rings. The van der Waals surface area contributed by atoms with Crippen molar-refractivity contribution in [2.75, 3.05) is 26.9 Å². The molecule has 0 radical (unpaired) electrons. The molecule has 0 fully saturated rings. The van der Waals surface area contributed by atoms with Crippen LogP contribution >= 0.6 is 0 Å². The molecule has 0 saturated heterocycles. The second kappa shape index (κ2) is 22.6. The van der Waals surface area contributed by atoms with Gasteiger partial charge in [0.15, 0.2) is 0 Å². The maximum absolute atomic E-state index is 10.0. The van der Waals surface area contributed by atoms with Crippen LogP contribution in [0.1, 0.15) is 13.3 Å². The van der Waals surface area contributed by atoms with E-state index >= 15 is 0 Å². The summed E-state index contributed by atoms with van der Waals surface area (Å²) in [4.78, 5) is 0. The largest absolute Gasteiger partial charge is 0.333 e.